The summed E-state index contributed by atoms with van der Waals surface area (Å²) < 4.78 is 39.7. The number of ether oxygens (including phenoxy) is 2. The second-order valence-electron chi connectivity index (χ2n) is 8.48. The smallest absolute Gasteiger partial charge is 0.241 e. The number of hydrogen-bond donors (Lipinski definition) is 1. The highest BCUT2D eigenvalue weighted by atomic mass is 32.2. The predicted octanol–water partition coefficient (Wildman–Crippen LogP) is 2.70. The first-order valence-corrected chi connectivity index (χ1v) is 12.5. The molecule has 0 spiro atoms. The Morgan fingerprint density at radius 1 is 1.06 bits per heavy atom. The van der Waals surface area contributed by atoms with Crippen LogP contribution in [0.2, 0.25) is 0 Å². The number of carbonyl (C=O) groups is 1. The number of sulfonamides is 1. The van der Waals surface area contributed by atoms with Crippen LogP contribution in [-0.2, 0) is 19.6 Å². The number of carbonyl (C=O) groups excluding carboxylic acids is 1. The quantitative estimate of drug-likeness (QED) is 0.720. The molecule has 2 aromatic rings. The molecule has 7 nitrogen and oxygen atoms in total. The molecule has 32 heavy (non-hydrogen) atoms. The number of nitrogens with zero attached hydrogens (tertiary/aromatic N) is 1. The number of amides is 1. The molecule has 2 aromatic carbocycles. The van der Waals surface area contributed by atoms with Crippen molar-refractivity contribution < 1.29 is 22.7 Å². The Labute approximate surface area is 189 Å². The fourth-order valence-corrected chi connectivity index (χ4v) is 6.29. The van der Waals surface area contributed by atoms with Crippen LogP contribution in [0, 0.1) is 12.8 Å². The van der Waals surface area contributed by atoms with Gasteiger partial charge < -0.3 is 14.4 Å². The Balaban J connectivity index is 1.58. The van der Waals surface area contributed by atoms with Crippen molar-refractivity contribution in [3.05, 3.63) is 59.7 Å². The fourth-order valence-electron chi connectivity index (χ4n) is 4.79. The molecular weight excluding hydrogens is 428 g/mol. The van der Waals surface area contributed by atoms with Gasteiger partial charge in [0.25, 0.3) is 0 Å². The number of methoxy groups -OCH3 is 1. The Hall–Kier alpha value is -2.42. The molecular formula is C24H30N2O5S. The van der Waals surface area contributed by atoms with Crippen LogP contribution >= 0.6 is 0 Å². The molecule has 172 valence electrons. The van der Waals surface area contributed by atoms with E-state index in [1.165, 1.54) is 0 Å². The molecule has 8 heteroatoms. The summed E-state index contributed by atoms with van der Waals surface area (Å²) in [7, 11) is -2.06. The summed E-state index contributed by atoms with van der Waals surface area (Å²) in [5, 5.41) is 0. The maximum absolute atomic E-state index is 13.4. The van der Waals surface area contributed by atoms with E-state index in [1.54, 1.807) is 32.2 Å². The van der Waals surface area contributed by atoms with Crippen LogP contribution in [-0.4, -0.2) is 58.7 Å². The number of aryl methyl sites for hydroxylation is 1. The van der Waals surface area contributed by atoms with E-state index in [9.17, 15) is 13.2 Å². The number of rotatable bonds is 6. The Bertz CT molecular complexity index is 1050. The highest BCUT2D eigenvalue weighted by Crippen LogP contribution is 2.42. The van der Waals surface area contributed by atoms with E-state index in [-0.39, 0.29) is 28.7 Å². The third-order valence-electron chi connectivity index (χ3n) is 6.45. The first kappa shape index (κ1) is 22.8. The molecule has 4 rings (SSSR count). The van der Waals surface area contributed by atoms with E-state index < -0.39 is 10.0 Å². The molecule has 0 radical (unpaired) electrons. The van der Waals surface area contributed by atoms with Crippen molar-refractivity contribution >= 4 is 15.9 Å². The molecule has 2 aliphatic rings. The number of nitrogens with one attached hydrogen (secondary N) is 1. The van der Waals surface area contributed by atoms with Crippen molar-refractivity contribution in [3.63, 3.8) is 0 Å². The van der Waals surface area contributed by atoms with Gasteiger partial charge in [-0.2, -0.15) is 0 Å². The van der Waals surface area contributed by atoms with Crippen LogP contribution in [0.15, 0.2) is 53.4 Å². The van der Waals surface area contributed by atoms with Gasteiger partial charge in [0.15, 0.2) is 0 Å². The summed E-state index contributed by atoms with van der Waals surface area (Å²) >= 11 is 0. The maximum atomic E-state index is 13.4. The average molecular weight is 459 g/mol. The van der Waals surface area contributed by atoms with E-state index >= 15 is 0 Å². The van der Waals surface area contributed by atoms with Gasteiger partial charge in [0.2, 0.25) is 15.9 Å². The summed E-state index contributed by atoms with van der Waals surface area (Å²) in [5.41, 5.74) is 1.72. The summed E-state index contributed by atoms with van der Waals surface area (Å²) in [6.45, 7) is 4.01. The van der Waals surface area contributed by atoms with Gasteiger partial charge in [-0.3, -0.25) is 4.79 Å². The second-order valence-corrected chi connectivity index (χ2v) is 10.2. The highest BCUT2D eigenvalue weighted by molar-refractivity contribution is 7.89. The first-order chi connectivity index (χ1) is 15.4. The summed E-state index contributed by atoms with van der Waals surface area (Å²) in [6.07, 6.45) is 1.04. The Morgan fingerprint density at radius 3 is 2.41 bits per heavy atom. The molecule has 1 aliphatic heterocycles. The van der Waals surface area contributed by atoms with Crippen LogP contribution < -0.4 is 9.46 Å². The zero-order chi connectivity index (χ0) is 22.7. The standard InChI is InChI=1S/C24H30N2O5S/c1-17-5-3-4-6-23(17)32(28,29)25-19-15-21(18-7-9-20(30-2)10-8-18)22(16-19)24(27)26-11-13-31-14-12-26/h3-10,19,21-22,25H,11-16H2,1-2H3/t19-,21+,22-/m0/s1. The molecule has 1 heterocycles. The van der Waals surface area contributed by atoms with E-state index in [4.69, 9.17) is 9.47 Å². The van der Waals surface area contributed by atoms with Crippen LogP contribution in [0.1, 0.15) is 29.9 Å². The van der Waals surface area contributed by atoms with Gasteiger partial charge >= 0.3 is 0 Å². The molecule has 2 fully saturated rings. The number of benzene rings is 2. The van der Waals surface area contributed by atoms with E-state index in [0.29, 0.717) is 44.7 Å². The normalized spacial score (nSPS) is 23.8. The second kappa shape index (κ2) is 9.60. The van der Waals surface area contributed by atoms with Gasteiger partial charge in [-0.15, -0.1) is 0 Å². The number of hydrogen-bond acceptors (Lipinski definition) is 5. The third-order valence-corrected chi connectivity index (χ3v) is 8.13. The van der Waals surface area contributed by atoms with Crippen LogP contribution in [0.4, 0.5) is 0 Å². The van der Waals surface area contributed by atoms with Crippen molar-refractivity contribution in [2.75, 3.05) is 33.4 Å². The lowest BCUT2D eigenvalue weighted by molar-refractivity contribution is -0.140. The lowest BCUT2D eigenvalue weighted by atomic mass is 9.88. The molecule has 0 unspecified atom stereocenters. The molecule has 0 bridgehead atoms. The van der Waals surface area contributed by atoms with Crippen LogP contribution in [0.5, 0.6) is 5.75 Å². The molecule has 1 saturated carbocycles. The molecule has 1 aliphatic carbocycles. The predicted molar refractivity (Wildman–Crippen MR) is 121 cm³/mol. The first-order valence-electron chi connectivity index (χ1n) is 11.0. The minimum absolute atomic E-state index is 0.0687. The topological polar surface area (TPSA) is 84.9 Å². The van der Waals surface area contributed by atoms with Crippen LogP contribution in [0.3, 0.4) is 0 Å². The van der Waals surface area contributed by atoms with Crippen molar-refractivity contribution in [3.8, 4) is 5.75 Å². The van der Waals surface area contributed by atoms with Crippen molar-refractivity contribution in [1.29, 1.82) is 0 Å². The molecule has 1 N–H and O–H groups in total. The van der Waals surface area contributed by atoms with Gasteiger partial charge in [-0.1, -0.05) is 30.3 Å². The minimum atomic E-state index is -3.68. The van der Waals surface area contributed by atoms with Crippen molar-refractivity contribution in [2.24, 2.45) is 5.92 Å². The molecule has 3 atom stereocenters. The summed E-state index contributed by atoms with van der Waals surface area (Å²) in [5.74, 6) is 0.471. The maximum Gasteiger partial charge on any atom is 0.241 e. The zero-order valence-corrected chi connectivity index (χ0v) is 19.3. The monoisotopic (exact) mass is 458 g/mol. The lowest BCUT2D eigenvalue weighted by Gasteiger charge is -2.31. The zero-order valence-electron chi connectivity index (χ0n) is 18.5. The molecule has 1 saturated heterocycles. The van der Waals surface area contributed by atoms with Gasteiger partial charge in [0, 0.05) is 25.0 Å². The Kier molecular flexibility index (Phi) is 6.83. The van der Waals surface area contributed by atoms with Gasteiger partial charge in [-0.05, 0) is 55.0 Å². The summed E-state index contributed by atoms with van der Waals surface area (Å²) in [6, 6.07) is 14.3. The minimum Gasteiger partial charge on any atom is -0.497 e. The Morgan fingerprint density at radius 2 is 1.75 bits per heavy atom. The van der Waals surface area contributed by atoms with Gasteiger partial charge in [-0.25, -0.2) is 13.1 Å². The highest BCUT2D eigenvalue weighted by Gasteiger charge is 2.43. The SMILES string of the molecule is COc1ccc([C@H]2C[C@H](NS(=O)(=O)c3ccccc3C)C[C@@H]2C(=O)N2CCOCC2)cc1. The van der Waals surface area contributed by atoms with Gasteiger partial charge in [0.05, 0.1) is 25.2 Å². The lowest BCUT2D eigenvalue weighted by Crippen LogP contribution is -2.44. The van der Waals surface area contributed by atoms with E-state index in [1.807, 2.05) is 35.2 Å². The molecule has 1 amide bonds. The van der Waals surface area contributed by atoms with E-state index in [0.717, 1.165) is 11.3 Å². The van der Waals surface area contributed by atoms with Crippen molar-refractivity contribution in [2.45, 2.75) is 36.6 Å². The van der Waals surface area contributed by atoms with Crippen molar-refractivity contribution in [1.82, 2.24) is 9.62 Å². The fraction of sp³-hybridized carbons (Fsp3) is 0.458. The van der Waals surface area contributed by atoms with Crippen LogP contribution in [0.25, 0.3) is 0 Å². The molecule has 0 aromatic heterocycles. The average Bonchev–Trinajstić information content (AvgIpc) is 3.22. The number of morpholine rings is 1. The largest absolute Gasteiger partial charge is 0.497 e. The summed E-state index contributed by atoms with van der Waals surface area (Å²) in [4.78, 5) is 15.5. The van der Waals surface area contributed by atoms with Gasteiger partial charge in [0.1, 0.15) is 5.75 Å². The van der Waals surface area contributed by atoms with E-state index in [2.05, 4.69) is 4.72 Å². The third kappa shape index (κ3) is 4.82.